The van der Waals surface area contributed by atoms with Crippen molar-refractivity contribution in [3.63, 3.8) is 0 Å². The summed E-state index contributed by atoms with van der Waals surface area (Å²) in [6, 6.07) is 11.5. The summed E-state index contributed by atoms with van der Waals surface area (Å²) in [6.45, 7) is 4.36. The highest BCUT2D eigenvalue weighted by Gasteiger charge is 2.45. The van der Waals surface area contributed by atoms with E-state index < -0.39 is 0 Å². The average Bonchev–Trinajstić information content (AvgIpc) is 3.18. The number of hydrogen-bond donors (Lipinski definition) is 1. The third-order valence-corrected chi connectivity index (χ3v) is 4.99. The van der Waals surface area contributed by atoms with Gasteiger partial charge < -0.3 is 5.32 Å². The fourth-order valence-corrected chi connectivity index (χ4v) is 3.79. The van der Waals surface area contributed by atoms with Crippen molar-refractivity contribution in [2.45, 2.75) is 38.3 Å². The van der Waals surface area contributed by atoms with Gasteiger partial charge in [-0.3, -0.25) is 4.68 Å². The molecule has 0 spiro atoms. The lowest BCUT2D eigenvalue weighted by molar-refractivity contribution is 0.430. The Balaban J connectivity index is 1.86. The Kier molecular flexibility index (Phi) is 4.18. The summed E-state index contributed by atoms with van der Waals surface area (Å²) in [5, 5.41) is 8.03. The minimum Gasteiger partial charge on any atom is -0.311 e. The van der Waals surface area contributed by atoms with E-state index in [4.69, 9.17) is 0 Å². The topological polar surface area (TPSA) is 29.9 Å². The van der Waals surface area contributed by atoms with Crippen LogP contribution in [0.1, 0.15) is 49.5 Å². The molecule has 112 valence electrons. The van der Waals surface area contributed by atoms with Crippen molar-refractivity contribution < 1.29 is 0 Å². The van der Waals surface area contributed by atoms with Gasteiger partial charge in [-0.2, -0.15) is 5.10 Å². The molecule has 1 fully saturated rings. The lowest BCUT2D eigenvalue weighted by Crippen LogP contribution is -2.24. The molecule has 3 nitrogen and oxygen atoms in total. The molecule has 21 heavy (non-hydrogen) atoms. The molecule has 3 unspecified atom stereocenters. The predicted molar refractivity (Wildman–Crippen MR) is 89.4 cm³/mol. The zero-order valence-corrected chi connectivity index (χ0v) is 14.3. The van der Waals surface area contributed by atoms with Crippen LogP contribution in [0.4, 0.5) is 0 Å². The van der Waals surface area contributed by atoms with Gasteiger partial charge in [-0.1, -0.05) is 30.3 Å². The maximum atomic E-state index is 4.52. The number of rotatable bonds is 5. The summed E-state index contributed by atoms with van der Waals surface area (Å²) in [5.41, 5.74) is 2.73. The van der Waals surface area contributed by atoms with Gasteiger partial charge in [0.25, 0.3) is 0 Å². The summed E-state index contributed by atoms with van der Waals surface area (Å²) in [7, 11) is 2.05. The van der Waals surface area contributed by atoms with E-state index in [1.165, 1.54) is 17.7 Å². The molecule has 1 aromatic heterocycles. The molecule has 3 atom stereocenters. The Labute approximate surface area is 134 Å². The standard InChI is InChI=1S/C17H22BrN3/c1-11(2)21-17(15(18)10-20-21)16(19-3)14-9-13(14)12-7-5-4-6-8-12/h4-8,10-11,13-14,16,19H,9H2,1-3H3. The van der Waals surface area contributed by atoms with E-state index in [1.807, 2.05) is 6.20 Å². The first-order chi connectivity index (χ1) is 10.1. The fourth-order valence-electron chi connectivity index (χ4n) is 3.27. The summed E-state index contributed by atoms with van der Waals surface area (Å²) < 4.78 is 3.24. The van der Waals surface area contributed by atoms with Gasteiger partial charge >= 0.3 is 0 Å². The van der Waals surface area contributed by atoms with Crippen LogP contribution in [0.2, 0.25) is 0 Å². The highest BCUT2D eigenvalue weighted by molar-refractivity contribution is 9.10. The van der Waals surface area contributed by atoms with Gasteiger partial charge in [0.15, 0.2) is 0 Å². The molecule has 1 aliphatic rings. The lowest BCUT2D eigenvalue weighted by Gasteiger charge is -2.21. The Morgan fingerprint density at radius 1 is 1.29 bits per heavy atom. The van der Waals surface area contributed by atoms with Gasteiger partial charge in [-0.25, -0.2) is 0 Å². The maximum absolute atomic E-state index is 4.52. The average molecular weight is 348 g/mol. The van der Waals surface area contributed by atoms with E-state index >= 15 is 0 Å². The second-order valence-corrected chi connectivity index (χ2v) is 6.95. The molecule has 1 heterocycles. The Morgan fingerprint density at radius 2 is 2.00 bits per heavy atom. The summed E-state index contributed by atoms with van der Waals surface area (Å²) in [6.07, 6.45) is 3.16. The first kappa shape index (κ1) is 14.8. The predicted octanol–water partition coefficient (Wildman–Crippen LogP) is 4.29. The molecule has 2 aromatic rings. The second kappa shape index (κ2) is 5.93. The minimum atomic E-state index is 0.342. The molecule has 1 aliphatic carbocycles. The highest BCUT2D eigenvalue weighted by atomic mass is 79.9. The lowest BCUT2D eigenvalue weighted by atomic mass is 10.0. The summed E-state index contributed by atoms with van der Waals surface area (Å²) >= 11 is 3.68. The molecule has 1 saturated carbocycles. The van der Waals surface area contributed by atoms with Crippen molar-refractivity contribution >= 4 is 15.9 Å². The first-order valence-electron chi connectivity index (χ1n) is 7.58. The third-order valence-electron chi connectivity index (χ3n) is 4.38. The summed E-state index contributed by atoms with van der Waals surface area (Å²) in [5.74, 6) is 1.30. The van der Waals surface area contributed by atoms with Crippen LogP contribution in [0.3, 0.4) is 0 Å². The van der Waals surface area contributed by atoms with Crippen LogP contribution >= 0.6 is 15.9 Å². The number of benzene rings is 1. The maximum Gasteiger partial charge on any atom is 0.0701 e. The Bertz CT molecular complexity index is 606. The largest absolute Gasteiger partial charge is 0.311 e. The van der Waals surface area contributed by atoms with Crippen molar-refractivity contribution in [3.8, 4) is 0 Å². The zero-order valence-electron chi connectivity index (χ0n) is 12.8. The van der Waals surface area contributed by atoms with Crippen molar-refractivity contribution in [2.24, 2.45) is 5.92 Å². The quantitative estimate of drug-likeness (QED) is 0.874. The van der Waals surface area contributed by atoms with Gasteiger partial charge in [-0.15, -0.1) is 0 Å². The van der Waals surface area contributed by atoms with E-state index in [9.17, 15) is 0 Å². The van der Waals surface area contributed by atoms with E-state index in [2.05, 4.69) is 82.3 Å². The molecule has 0 amide bonds. The minimum absolute atomic E-state index is 0.342. The monoisotopic (exact) mass is 347 g/mol. The van der Waals surface area contributed by atoms with Crippen LogP contribution in [0.5, 0.6) is 0 Å². The summed E-state index contributed by atoms with van der Waals surface area (Å²) in [4.78, 5) is 0. The van der Waals surface area contributed by atoms with E-state index in [1.54, 1.807) is 0 Å². The molecule has 3 rings (SSSR count). The van der Waals surface area contributed by atoms with Crippen LogP contribution < -0.4 is 5.32 Å². The molecule has 4 heteroatoms. The normalized spacial score (nSPS) is 22.5. The third kappa shape index (κ3) is 2.79. The van der Waals surface area contributed by atoms with Gasteiger partial charge in [0.05, 0.1) is 22.4 Å². The number of nitrogens with zero attached hydrogens (tertiary/aromatic N) is 2. The smallest absolute Gasteiger partial charge is 0.0701 e. The van der Waals surface area contributed by atoms with Crippen molar-refractivity contribution in [3.05, 3.63) is 52.3 Å². The van der Waals surface area contributed by atoms with Gasteiger partial charge in [0.2, 0.25) is 0 Å². The molecule has 1 aromatic carbocycles. The van der Waals surface area contributed by atoms with E-state index in [0.717, 1.165) is 4.47 Å². The van der Waals surface area contributed by atoms with E-state index in [-0.39, 0.29) is 0 Å². The molecule has 0 bridgehead atoms. The number of aromatic nitrogens is 2. The van der Waals surface area contributed by atoms with Crippen molar-refractivity contribution in [2.75, 3.05) is 7.05 Å². The van der Waals surface area contributed by atoms with Crippen molar-refractivity contribution in [1.29, 1.82) is 0 Å². The van der Waals surface area contributed by atoms with Crippen LogP contribution in [0, 0.1) is 5.92 Å². The second-order valence-electron chi connectivity index (χ2n) is 6.10. The fraction of sp³-hybridized carbons (Fsp3) is 0.471. The molecule has 1 N–H and O–H groups in total. The number of halogens is 1. The number of nitrogens with one attached hydrogen (secondary N) is 1. The van der Waals surface area contributed by atoms with Crippen LogP contribution in [-0.4, -0.2) is 16.8 Å². The molecular weight excluding hydrogens is 326 g/mol. The van der Waals surface area contributed by atoms with Crippen molar-refractivity contribution in [1.82, 2.24) is 15.1 Å². The van der Waals surface area contributed by atoms with Gasteiger partial charge in [0, 0.05) is 6.04 Å². The Hall–Kier alpha value is -1.13. The van der Waals surface area contributed by atoms with Crippen LogP contribution in [0.25, 0.3) is 0 Å². The van der Waals surface area contributed by atoms with Crippen LogP contribution in [0.15, 0.2) is 41.0 Å². The van der Waals surface area contributed by atoms with Gasteiger partial charge in [0.1, 0.15) is 0 Å². The molecule has 0 radical (unpaired) electrons. The molecule has 0 aliphatic heterocycles. The SMILES string of the molecule is CNC(c1c(Br)cnn1C(C)C)C1CC1c1ccccc1. The molecular formula is C17H22BrN3. The van der Waals surface area contributed by atoms with E-state index in [0.29, 0.717) is 23.9 Å². The highest BCUT2D eigenvalue weighted by Crippen LogP contribution is 2.54. The molecule has 0 saturated heterocycles. The van der Waals surface area contributed by atoms with Crippen LogP contribution in [-0.2, 0) is 0 Å². The number of hydrogen-bond acceptors (Lipinski definition) is 2. The zero-order chi connectivity index (χ0) is 15.0. The van der Waals surface area contributed by atoms with Gasteiger partial charge in [-0.05, 0) is 60.6 Å². The first-order valence-corrected chi connectivity index (χ1v) is 8.38. The Morgan fingerprint density at radius 3 is 2.62 bits per heavy atom.